The number of hydrogen-bond acceptors (Lipinski definition) is 5. The second-order valence-corrected chi connectivity index (χ2v) is 6.97. The molecule has 2 aromatic rings. The standard InChI is InChI=1S/C13H16ClO4PS/c1-3-16-19(15,17-4-2)18-8-10-9-20-13-6-5-11(14)7-12(10)13/h5-7,9H,3-4,8H2,1-2H3. The molecule has 0 atom stereocenters. The molecular weight excluding hydrogens is 319 g/mol. The largest absolute Gasteiger partial charge is 0.475 e. The molecule has 1 aromatic carbocycles. The van der Waals surface area contributed by atoms with Crippen LogP contribution >= 0.6 is 30.8 Å². The molecular formula is C13H16ClO4PS. The van der Waals surface area contributed by atoms with Crippen LogP contribution in [0.2, 0.25) is 5.02 Å². The number of phosphoric acid groups is 1. The number of phosphoric ester groups is 1. The summed E-state index contributed by atoms with van der Waals surface area (Å²) in [5, 5.41) is 3.63. The fraction of sp³-hybridized carbons (Fsp3) is 0.385. The summed E-state index contributed by atoms with van der Waals surface area (Å²) in [6.45, 7) is 4.20. The van der Waals surface area contributed by atoms with Gasteiger partial charge in [-0.3, -0.25) is 13.6 Å². The van der Waals surface area contributed by atoms with Crippen LogP contribution in [-0.2, 0) is 24.7 Å². The third-order valence-corrected chi connectivity index (χ3v) is 5.41. The van der Waals surface area contributed by atoms with Gasteiger partial charge < -0.3 is 0 Å². The zero-order chi connectivity index (χ0) is 14.6. The molecule has 0 amide bonds. The van der Waals surface area contributed by atoms with Crippen molar-refractivity contribution in [2.45, 2.75) is 20.5 Å². The van der Waals surface area contributed by atoms with Gasteiger partial charge >= 0.3 is 7.82 Å². The maximum Gasteiger partial charge on any atom is 0.475 e. The number of fused-ring (bicyclic) bond motifs is 1. The summed E-state index contributed by atoms with van der Waals surface area (Å²) in [6.07, 6.45) is 0. The maximum atomic E-state index is 12.2. The minimum atomic E-state index is -3.48. The molecule has 1 heterocycles. The highest BCUT2D eigenvalue weighted by Crippen LogP contribution is 2.50. The highest BCUT2D eigenvalue weighted by atomic mass is 35.5. The van der Waals surface area contributed by atoms with Crippen molar-refractivity contribution in [3.05, 3.63) is 34.2 Å². The molecule has 0 aliphatic heterocycles. The monoisotopic (exact) mass is 334 g/mol. The minimum Gasteiger partial charge on any atom is -0.287 e. The van der Waals surface area contributed by atoms with E-state index >= 15 is 0 Å². The molecule has 0 aliphatic carbocycles. The lowest BCUT2D eigenvalue weighted by atomic mass is 10.2. The van der Waals surface area contributed by atoms with Gasteiger partial charge in [-0.25, -0.2) is 4.57 Å². The topological polar surface area (TPSA) is 44.8 Å². The summed E-state index contributed by atoms with van der Waals surface area (Å²) in [4.78, 5) is 0. The zero-order valence-corrected chi connectivity index (χ0v) is 13.8. The lowest BCUT2D eigenvalue weighted by Crippen LogP contribution is -2.00. The van der Waals surface area contributed by atoms with Gasteiger partial charge in [0.05, 0.1) is 19.8 Å². The van der Waals surface area contributed by atoms with Gasteiger partial charge in [0.2, 0.25) is 0 Å². The summed E-state index contributed by atoms with van der Waals surface area (Å²) < 4.78 is 28.9. The Labute approximate surface area is 127 Å². The average molecular weight is 335 g/mol. The first kappa shape index (κ1) is 16.0. The Balaban J connectivity index is 2.15. The molecule has 4 nitrogen and oxygen atoms in total. The van der Waals surface area contributed by atoms with Crippen molar-refractivity contribution < 1.29 is 18.1 Å². The fourth-order valence-corrected chi connectivity index (χ4v) is 4.00. The van der Waals surface area contributed by atoms with Gasteiger partial charge in [-0.05, 0) is 48.4 Å². The highest BCUT2D eigenvalue weighted by molar-refractivity contribution is 7.48. The van der Waals surface area contributed by atoms with Gasteiger partial charge in [0.25, 0.3) is 0 Å². The minimum absolute atomic E-state index is 0.164. The van der Waals surface area contributed by atoms with E-state index in [2.05, 4.69) is 0 Å². The SMILES string of the molecule is CCOP(=O)(OCC)OCc1csc2ccc(Cl)cc12. The molecule has 0 saturated carbocycles. The summed E-state index contributed by atoms with van der Waals surface area (Å²) in [5.74, 6) is 0. The molecule has 0 N–H and O–H groups in total. The second-order valence-electron chi connectivity index (χ2n) is 3.96. The maximum absolute atomic E-state index is 12.2. The van der Waals surface area contributed by atoms with Crippen LogP contribution in [0, 0.1) is 0 Å². The molecule has 0 saturated heterocycles. The second kappa shape index (κ2) is 7.03. The molecule has 0 spiro atoms. The normalized spacial score (nSPS) is 12.2. The van der Waals surface area contributed by atoms with Gasteiger partial charge in [-0.1, -0.05) is 11.6 Å². The summed E-state index contributed by atoms with van der Waals surface area (Å²) in [6, 6.07) is 5.67. The van der Waals surface area contributed by atoms with Crippen molar-refractivity contribution in [1.29, 1.82) is 0 Å². The molecule has 0 radical (unpaired) electrons. The number of benzene rings is 1. The van der Waals surface area contributed by atoms with Crippen LogP contribution in [0.1, 0.15) is 19.4 Å². The van der Waals surface area contributed by atoms with Gasteiger partial charge in [0.15, 0.2) is 0 Å². The number of hydrogen-bond donors (Lipinski definition) is 0. The van der Waals surface area contributed by atoms with Crippen molar-refractivity contribution in [3.63, 3.8) is 0 Å². The van der Waals surface area contributed by atoms with Crippen molar-refractivity contribution >= 4 is 40.8 Å². The van der Waals surface area contributed by atoms with Gasteiger partial charge in [0.1, 0.15) is 0 Å². The first-order chi connectivity index (χ1) is 9.58. The van der Waals surface area contributed by atoms with E-state index in [-0.39, 0.29) is 19.8 Å². The van der Waals surface area contributed by atoms with E-state index in [1.54, 1.807) is 25.2 Å². The molecule has 0 unspecified atom stereocenters. The predicted molar refractivity (Wildman–Crippen MR) is 82.5 cm³/mol. The number of thiophene rings is 1. The number of rotatable bonds is 7. The summed E-state index contributed by atoms with van der Waals surface area (Å²) >= 11 is 7.59. The zero-order valence-electron chi connectivity index (χ0n) is 11.3. The lowest BCUT2D eigenvalue weighted by molar-refractivity contribution is 0.116. The predicted octanol–water partition coefficient (Wildman–Crippen LogP) is 5.25. The Morgan fingerprint density at radius 3 is 2.55 bits per heavy atom. The summed E-state index contributed by atoms with van der Waals surface area (Å²) in [5.41, 5.74) is 0.923. The van der Waals surface area contributed by atoms with Gasteiger partial charge in [0, 0.05) is 9.72 Å². The highest BCUT2D eigenvalue weighted by Gasteiger charge is 2.25. The average Bonchev–Trinajstić information content (AvgIpc) is 2.79. The van der Waals surface area contributed by atoms with E-state index in [4.69, 9.17) is 25.2 Å². The molecule has 2 rings (SSSR count). The van der Waals surface area contributed by atoms with Crippen LogP contribution < -0.4 is 0 Å². The Morgan fingerprint density at radius 2 is 1.90 bits per heavy atom. The molecule has 1 aromatic heterocycles. The Hall–Kier alpha value is -0.420. The van der Waals surface area contributed by atoms with Crippen molar-refractivity contribution in [2.24, 2.45) is 0 Å². The van der Waals surface area contributed by atoms with E-state index in [9.17, 15) is 4.57 Å². The van der Waals surface area contributed by atoms with E-state index in [1.807, 2.05) is 23.6 Å². The number of halogens is 1. The van der Waals surface area contributed by atoms with Crippen molar-refractivity contribution in [3.8, 4) is 0 Å². The van der Waals surface area contributed by atoms with Gasteiger partial charge in [-0.15, -0.1) is 11.3 Å². The fourth-order valence-electron chi connectivity index (χ4n) is 1.74. The lowest BCUT2D eigenvalue weighted by Gasteiger charge is -2.16. The van der Waals surface area contributed by atoms with E-state index in [0.29, 0.717) is 5.02 Å². The van der Waals surface area contributed by atoms with Crippen LogP contribution in [0.3, 0.4) is 0 Å². The molecule has 0 aliphatic rings. The van der Waals surface area contributed by atoms with Crippen LogP contribution in [0.15, 0.2) is 23.6 Å². The molecule has 7 heteroatoms. The van der Waals surface area contributed by atoms with E-state index in [0.717, 1.165) is 15.6 Å². The molecule has 0 bridgehead atoms. The van der Waals surface area contributed by atoms with Crippen molar-refractivity contribution in [1.82, 2.24) is 0 Å². The van der Waals surface area contributed by atoms with Gasteiger partial charge in [-0.2, -0.15) is 0 Å². The van der Waals surface area contributed by atoms with Crippen LogP contribution in [0.4, 0.5) is 0 Å². The molecule has 20 heavy (non-hydrogen) atoms. The van der Waals surface area contributed by atoms with E-state index in [1.165, 1.54) is 0 Å². The summed E-state index contributed by atoms with van der Waals surface area (Å²) in [7, 11) is -3.48. The van der Waals surface area contributed by atoms with E-state index < -0.39 is 7.82 Å². The third-order valence-electron chi connectivity index (χ3n) is 2.57. The third kappa shape index (κ3) is 3.82. The smallest absolute Gasteiger partial charge is 0.287 e. The molecule has 110 valence electrons. The first-order valence-electron chi connectivity index (χ1n) is 6.27. The Kier molecular flexibility index (Phi) is 5.61. The van der Waals surface area contributed by atoms with Crippen molar-refractivity contribution in [2.75, 3.05) is 13.2 Å². The van der Waals surface area contributed by atoms with Crippen LogP contribution in [0.5, 0.6) is 0 Å². The quantitative estimate of drug-likeness (QED) is 0.648. The Bertz CT molecular complexity index is 618. The van der Waals surface area contributed by atoms with Crippen LogP contribution in [0.25, 0.3) is 10.1 Å². The Morgan fingerprint density at radius 1 is 1.20 bits per heavy atom. The first-order valence-corrected chi connectivity index (χ1v) is 8.99. The van der Waals surface area contributed by atoms with Crippen LogP contribution in [-0.4, -0.2) is 13.2 Å². The molecule has 0 fully saturated rings.